The van der Waals surface area contributed by atoms with Gasteiger partial charge in [-0.25, -0.2) is 0 Å². The number of esters is 6. The summed E-state index contributed by atoms with van der Waals surface area (Å²) < 4.78 is 41.0. The lowest BCUT2D eigenvalue weighted by molar-refractivity contribution is -0.204. The van der Waals surface area contributed by atoms with Gasteiger partial charge in [0.1, 0.15) is 48.1 Å². The number of aryl methyl sites for hydroxylation is 1. The molecule has 2 N–H and O–H groups in total. The van der Waals surface area contributed by atoms with Crippen LogP contribution in [0.5, 0.6) is 11.5 Å². The van der Waals surface area contributed by atoms with Crippen LogP contribution < -0.4 is 0 Å². The highest BCUT2D eigenvalue weighted by Gasteiger charge is 2.66. The molecule has 0 saturated carbocycles. The fourth-order valence-corrected chi connectivity index (χ4v) is 25.5. The summed E-state index contributed by atoms with van der Waals surface area (Å²) in [6, 6.07) is 7.86. The third-order valence-electron chi connectivity index (χ3n) is 36.2. The second-order valence-corrected chi connectivity index (χ2v) is 53.8. The number of nitrogens with zero attached hydrogens (tertiary/aromatic N) is 6. The molecule has 6 aliphatic rings. The molecule has 0 spiro atoms. The van der Waals surface area contributed by atoms with Crippen molar-refractivity contribution in [2.45, 2.75) is 557 Å². The molecule has 2 aromatic rings. The van der Waals surface area contributed by atoms with Crippen LogP contribution in [-0.2, 0) is 101 Å². The van der Waals surface area contributed by atoms with Gasteiger partial charge in [0, 0.05) is 163 Å². The van der Waals surface area contributed by atoms with Crippen LogP contribution in [0.1, 0.15) is 453 Å². The number of unbranched alkanes of at least 4 members (excludes halogenated alkanes) is 1. The molecule has 8 rings (SSSR count). The molecule has 0 aromatic heterocycles. The molecule has 0 aliphatic carbocycles. The predicted octanol–water partition coefficient (Wildman–Crippen LogP) is 23.5. The van der Waals surface area contributed by atoms with E-state index in [2.05, 4.69) is 318 Å². The molecule has 0 bridgehead atoms. The molecule has 6 fully saturated rings. The molecule has 6 saturated heterocycles. The lowest BCUT2D eigenvalue weighted by Crippen LogP contribution is -2.70. The fraction of sp³-hybridized carbons (Fsp3) is 0.826. The monoisotopic (exact) mass is 1920 g/mol. The van der Waals surface area contributed by atoms with Crippen molar-refractivity contribution in [1.82, 2.24) is 29.4 Å². The number of amides is 2. The van der Waals surface area contributed by atoms with Crippen LogP contribution in [0.4, 0.5) is 0 Å². The largest absolute Gasteiger partial charge is 0.507 e. The van der Waals surface area contributed by atoms with Crippen LogP contribution in [0, 0.1) is 28.1 Å². The maximum atomic E-state index is 16.5. The van der Waals surface area contributed by atoms with Crippen LogP contribution in [0.3, 0.4) is 0 Å². The highest BCUT2D eigenvalue weighted by Crippen LogP contribution is 2.56. The van der Waals surface area contributed by atoms with Gasteiger partial charge in [0.05, 0.1) is 0 Å². The molecular formula is C115H196N6O16. The average Bonchev–Trinajstić information content (AvgIpc) is 0.727. The summed E-state index contributed by atoms with van der Waals surface area (Å²) in [6.45, 7) is 86.6. The first-order chi connectivity index (χ1) is 61.9. The first-order valence-electron chi connectivity index (χ1n) is 52.4. The van der Waals surface area contributed by atoms with E-state index in [0.717, 1.165) is 39.8 Å². The van der Waals surface area contributed by atoms with E-state index in [0.29, 0.717) is 96.3 Å². The number of rotatable bonds is 27. The van der Waals surface area contributed by atoms with Crippen LogP contribution in [0.2, 0.25) is 0 Å². The number of carbonyl (C=O) groups excluding carboxylic acids is 8. The summed E-state index contributed by atoms with van der Waals surface area (Å²) in [5, 5.41) is 23.6. The van der Waals surface area contributed by atoms with Crippen LogP contribution in [0.15, 0.2) is 24.3 Å². The number of phenolic OH excluding ortho intramolecular Hbond substituents is 2. The van der Waals surface area contributed by atoms with E-state index >= 15 is 28.8 Å². The van der Waals surface area contributed by atoms with E-state index in [-0.39, 0.29) is 89.4 Å². The molecule has 782 valence electrons. The SMILES string of the molecule is CCC(CC(CCc1cc(C(C)(C)C)c(O)c(C(C)(C)C)c1)(C(=O)OC1CC(C)(C)N(C)C(C)(C)C1)C(=O)OC1CC(C)(C)N(C)C(C)(C)C1)(C(=O)OC1CC(C)(C)N(C)C(C)(C)C1)C(=O)OC1CC(C)(C)N(C)C(C)(C)C1.CCCCC(Cc1cc(C(C)(C)C)c(O)c(C(C)(C)C)c1)(C(=O)OC1CC(C)(CC)N(C(C)=O)C(C)(CC)C1C)C(=O)OC1CC(C)(CC)N(C(C)=O)C(C)(CC)C1C. The van der Waals surface area contributed by atoms with Gasteiger partial charge in [0.15, 0.2) is 16.2 Å². The van der Waals surface area contributed by atoms with Gasteiger partial charge >= 0.3 is 35.8 Å². The van der Waals surface area contributed by atoms with Crippen molar-refractivity contribution >= 4 is 47.6 Å². The number of hydrogen-bond donors (Lipinski definition) is 2. The van der Waals surface area contributed by atoms with Gasteiger partial charge in [-0.15, -0.1) is 0 Å². The van der Waals surface area contributed by atoms with E-state index in [9.17, 15) is 19.8 Å². The van der Waals surface area contributed by atoms with Gasteiger partial charge in [-0.3, -0.25) is 58.0 Å². The first-order valence-corrected chi connectivity index (χ1v) is 52.4. The van der Waals surface area contributed by atoms with Gasteiger partial charge in [-0.05, 0) is 279 Å². The zero-order chi connectivity index (χ0) is 105. The third-order valence-corrected chi connectivity index (χ3v) is 36.2. The Kier molecular flexibility index (Phi) is 34.9. The van der Waals surface area contributed by atoms with E-state index in [1.807, 2.05) is 34.1 Å². The Labute approximate surface area is 831 Å². The number of hydrogen-bond acceptors (Lipinski definition) is 20. The van der Waals surface area contributed by atoms with Crippen molar-refractivity contribution in [3.8, 4) is 11.5 Å². The maximum Gasteiger partial charge on any atom is 0.324 e. The molecule has 137 heavy (non-hydrogen) atoms. The van der Waals surface area contributed by atoms with Crippen LogP contribution in [-0.4, -0.2) is 219 Å². The Hall–Kier alpha value is -6.36. The molecule has 22 nitrogen and oxygen atoms in total. The Morgan fingerprint density at radius 3 is 0.803 bits per heavy atom. The molecule has 2 aromatic carbocycles. The predicted molar refractivity (Wildman–Crippen MR) is 552 cm³/mol. The van der Waals surface area contributed by atoms with E-state index < -0.39 is 161 Å². The zero-order valence-electron chi connectivity index (χ0n) is 95.3. The summed E-state index contributed by atoms with van der Waals surface area (Å²) in [5.74, 6) is -4.50. The average molecular weight is 1920 g/mol. The lowest BCUT2D eigenvalue weighted by atomic mass is 9.66. The van der Waals surface area contributed by atoms with Crippen molar-refractivity contribution in [2.24, 2.45) is 28.1 Å². The second-order valence-electron chi connectivity index (χ2n) is 53.8. The zero-order valence-corrected chi connectivity index (χ0v) is 95.3. The topological polar surface area (TPSA) is 252 Å². The highest BCUT2D eigenvalue weighted by molar-refractivity contribution is 6.06. The number of piperidine rings is 6. The van der Waals surface area contributed by atoms with E-state index in [1.54, 1.807) is 20.8 Å². The number of ether oxygens (including phenoxy) is 6. The van der Waals surface area contributed by atoms with Gasteiger partial charge in [0.25, 0.3) is 0 Å². The first kappa shape index (κ1) is 118. The minimum atomic E-state index is -2.25. The molecule has 2 amide bonds. The standard InChI is InChI=1S/C65H112N4O9.C50H84N2O7/c1-28-64(50(71)75-43-33-56(8,9)66(24)57(10,11)34-43,51(72)76-44-35-58(12,13)67(25)59(14,15)36-44)41-65(52(73)77-45-37-60(16,17)68(26)61(18,19)38-45,53(74)78-46-39-62(20,21)69(27)63(22,23)40-46)30-29-42-31-47(54(2,3)4)49(70)48(32-42)55(5,6)7;1-20-25-26-50(29-36-27-37(44(10,11)12)41(55)38(28-36)45(13,14)15,42(56)58-39-30-46(16,21-2)51(34(8)53)48(18,23-4)32(39)6)43(57)59-40-31-47(17,22-3)52(35(9)54)49(19,24-5)33(40)7/h31-32,43-46,70H,28-30,33-41H2,1-27H3;27-28,32-33,39-40,55H,20-26,29-31H2,1-19H3. The summed E-state index contributed by atoms with van der Waals surface area (Å²) in [6.07, 6.45) is 4.72. The normalized spacial score (nSPS) is 27.5. The fourth-order valence-electron chi connectivity index (χ4n) is 25.5. The summed E-state index contributed by atoms with van der Waals surface area (Å²) in [7, 11) is 8.35. The minimum absolute atomic E-state index is 0.00377. The van der Waals surface area contributed by atoms with Crippen molar-refractivity contribution in [3.63, 3.8) is 0 Å². The van der Waals surface area contributed by atoms with Gasteiger partial charge in [-0.1, -0.05) is 176 Å². The minimum Gasteiger partial charge on any atom is -0.507 e. The van der Waals surface area contributed by atoms with Crippen LogP contribution >= 0.6 is 0 Å². The molecule has 6 aliphatic heterocycles. The van der Waals surface area contributed by atoms with Crippen molar-refractivity contribution in [3.05, 3.63) is 57.6 Å². The van der Waals surface area contributed by atoms with Gasteiger partial charge < -0.3 is 48.4 Å². The van der Waals surface area contributed by atoms with Crippen molar-refractivity contribution in [1.29, 1.82) is 0 Å². The Bertz CT molecular complexity index is 4320. The molecular weight excluding hydrogens is 1720 g/mol. The van der Waals surface area contributed by atoms with Crippen molar-refractivity contribution in [2.75, 3.05) is 28.2 Å². The molecule has 0 radical (unpaired) electrons. The van der Waals surface area contributed by atoms with Gasteiger partial charge in [-0.2, -0.15) is 0 Å². The summed E-state index contributed by atoms with van der Waals surface area (Å²) in [5.41, 5.74) is -8.89. The Morgan fingerprint density at radius 1 is 0.343 bits per heavy atom. The Balaban J connectivity index is 0.000000388. The molecule has 22 heteroatoms. The second kappa shape index (κ2) is 40.7. The number of aromatic hydroxyl groups is 2. The molecule has 8 atom stereocenters. The number of phenols is 2. The number of benzene rings is 2. The molecule has 8 unspecified atom stereocenters. The summed E-state index contributed by atoms with van der Waals surface area (Å²) >= 11 is 0. The maximum absolute atomic E-state index is 16.5. The third kappa shape index (κ3) is 24.0. The van der Waals surface area contributed by atoms with Gasteiger partial charge in [0.2, 0.25) is 11.8 Å². The number of likely N-dealkylation sites (tertiary alicyclic amines) is 6. The van der Waals surface area contributed by atoms with Crippen molar-refractivity contribution < 1.29 is 77.0 Å². The Morgan fingerprint density at radius 2 is 0.584 bits per heavy atom. The quantitative estimate of drug-likeness (QED) is 0.0479. The summed E-state index contributed by atoms with van der Waals surface area (Å²) in [4.78, 5) is 136. The number of carbonyl (C=O) groups is 8. The lowest BCUT2D eigenvalue weighted by Gasteiger charge is -2.60. The van der Waals surface area contributed by atoms with E-state index in [1.165, 1.54) is 0 Å². The smallest absolute Gasteiger partial charge is 0.324 e. The highest BCUT2D eigenvalue weighted by atomic mass is 16.6. The van der Waals surface area contributed by atoms with E-state index in [4.69, 9.17) is 28.4 Å². The van der Waals surface area contributed by atoms with Crippen LogP contribution in [0.25, 0.3) is 0 Å². The molecule has 6 heterocycles.